The van der Waals surface area contributed by atoms with Gasteiger partial charge in [0.1, 0.15) is 0 Å². The van der Waals surface area contributed by atoms with Gasteiger partial charge in [0.15, 0.2) is 0 Å². The number of rotatable bonds is 2. The standard InChI is InChI=1S/C11H14N2OS/c1-7-5-9-10(6-8(7)2)15-11(14)13(9)4-3-12/h5-6H,3-4,12H2,1-2H3. The Morgan fingerprint density at radius 1 is 1.33 bits per heavy atom. The number of hydrogen-bond acceptors (Lipinski definition) is 3. The van der Waals surface area contributed by atoms with Crippen LogP contribution in [0.4, 0.5) is 0 Å². The average Bonchev–Trinajstić information content (AvgIpc) is 2.46. The molecule has 0 unspecified atom stereocenters. The molecular formula is C11H14N2OS. The Morgan fingerprint density at radius 3 is 2.67 bits per heavy atom. The first-order valence-corrected chi connectivity index (χ1v) is 5.76. The Morgan fingerprint density at radius 2 is 2.00 bits per heavy atom. The quantitative estimate of drug-likeness (QED) is 0.839. The number of fused-ring (bicyclic) bond motifs is 1. The molecule has 0 spiro atoms. The van der Waals surface area contributed by atoms with Crippen LogP contribution in [0, 0.1) is 13.8 Å². The molecule has 1 aromatic heterocycles. The van der Waals surface area contributed by atoms with Gasteiger partial charge in [0, 0.05) is 13.1 Å². The highest BCUT2D eigenvalue weighted by molar-refractivity contribution is 7.16. The van der Waals surface area contributed by atoms with E-state index in [-0.39, 0.29) is 4.87 Å². The van der Waals surface area contributed by atoms with Crippen LogP contribution < -0.4 is 10.6 Å². The van der Waals surface area contributed by atoms with E-state index in [4.69, 9.17) is 5.73 Å². The van der Waals surface area contributed by atoms with Crippen molar-refractivity contribution in [3.63, 3.8) is 0 Å². The van der Waals surface area contributed by atoms with Crippen molar-refractivity contribution in [2.24, 2.45) is 5.73 Å². The van der Waals surface area contributed by atoms with E-state index in [0.717, 1.165) is 10.2 Å². The third-order valence-electron chi connectivity index (χ3n) is 2.64. The molecule has 0 saturated heterocycles. The van der Waals surface area contributed by atoms with Crippen molar-refractivity contribution in [2.45, 2.75) is 20.4 Å². The first-order chi connectivity index (χ1) is 7.13. The predicted octanol–water partition coefficient (Wildman–Crippen LogP) is 1.64. The summed E-state index contributed by atoms with van der Waals surface area (Å²) in [4.78, 5) is 11.8. The number of benzene rings is 1. The maximum atomic E-state index is 11.7. The maximum absolute atomic E-state index is 11.7. The van der Waals surface area contributed by atoms with E-state index in [2.05, 4.69) is 26.0 Å². The second-order valence-electron chi connectivity index (χ2n) is 3.71. The zero-order valence-electron chi connectivity index (χ0n) is 8.91. The Bertz CT molecular complexity index is 553. The lowest BCUT2D eigenvalue weighted by molar-refractivity contribution is 0.721. The summed E-state index contributed by atoms with van der Waals surface area (Å²) in [6, 6.07) is 4.14. The predicted molar refractivity (Wildman–Crippen MR) is 64.6 cm³/mol. The summed E-state index contributed by atoms with van der Waals surface area (Å²) in [5.74, 6) is 0. The van der Waals surface area contributed by atoms with E-state index >= 15 is 0 Å². The van der Waals surface area contributed by atoms with Crippen molar-refractivity contribution >= 4 is 21.6 Å². The van der Waals surface area contributed by atoms with Crippen LogP contribution in [-0.2, 0) is 6.54 Å². The van der Waals surface area contributed by atoms with Crippen LogP contribution in [0.15, 0.2) is 16.9 Å². The van der Waals surface area contributed by atoms with Gasteiger partial charge < -0.3 is 5.73 Å². The topological polar surface area (TPSA) is 48.0 Å². The fourth-order valence-corrected chi connectivity index (χ4v) is 2.65. The Balaban J connectivity index is 2.76. The van der Waals surface area contributed by atoms with Crippen LogP contribution in [0.25, 0.3) is 10.2 Å². The number of thiazole rings is 1. The van der Waals surface area contributed by atoms with Gasteiger partial charge in [-0.05, 0) is 37.1 Å². The van der Waals surface area contributed by atoms with E-state index in [1.54, 1.807) is 4.57 Å². The van der Waals surface area contributed by atoms with Crippen LogP contribution in [-0.4, -0.2) is 11.1 Å². The molecule has 0 aliphatic carbocycles. The van der Waals surface area contributed by atoms with Gasteiger partial charge in [0.05, 0.1) is 10.2 Å². The first-order valence-electron chi connectivity index (χ1n) is 4.94. The lowest BCUT2D eigenvalue weighted by Gasteiger charge is -2.03. The van der Waals surface area contributed by atoms with Crippen LogP contribution in [0.3, 0.4) is 0 Å². The minimum Gasteiger partial charge on any atom is -0.329 e. The summed E-state index contributed by atoms with van der Waals surface area (Å²) in [6.07, 6.45) is 0. The van der Waals surface area contributed by atoms with Crippen molar-refractivity contribution in [3.8, 4) is 0 Å². The third kappa shape index (κ3) is 1.70. The molecule has 2 aromatic rings. The highest BCUT2D eigenvalue weighted by Gasteiger charge is 2.07. The molecule has 0 radical (unpaired) electrons. The maximum Gasteiger partial charge on any atom is 0.308 e. The molecule has 80 valence electrons. The SMILES string of the molecule is Cc1cc2sc(=O)n(CCN)c2cc1C. The monoisotopic (exact) mass is 222 g/mol. The van der Waals surface area contributed by atoms with E-state index < -0.39 is 0 Å². The van der Waals surface area contributed by atoms with Gasteiger partial charge in [-0.25, -0.2) is 0 Å². The van der Waals surface area contributed by atoms with E-state index in [1.807, 2.05) is 0 Å². The molecule has 0 saturated carbocycles. The van der Waals surface area contributed by atoms with Gasteiger partial charge in [-0.1, -0.05) is 11.3 Å². The molecule has 1 heterocycles. The molecule has 4 heteroatoms. The van der Waals surface area contributed by atoms with Gasteiger partial charge in [0.25, 0.3) is 0 Å². The lowest BCUT2D eigenvalue weighted by Crippen LogP contribution is -2.18. The van der Waals surface area contributed by atoms with E-state index in [1.165, 1.54) is 22.5 Å². The minimum absolute atomic E-state index is 0.0838. The number of nitrogens with zero attached hydrogens (tertiary/aromatic N) is 1. The smallest absolute Gasteiger partial charge is 0.308 e. The number of aromatic nitrogens is 1. The van der Waals surface area contributed by atoms with Crippen LogP contribution in [0.1, 0.15) is 11.1 Å². The highest BCUT2D eigenvalue weighted by Crippen LogP contribution is 2.21. The molecule has 2 rings (SSSR count). The Labute approximate surface area is 92.1 Å². The second kappa shape index (κ2) is 3.79. The van der Waals surface area contributed by atoms with Crippen LogP contribution >= 0.6 is 11.3 Å². The van der Waals surface area contributed by atoms with Gasteiger partial charge >= 0.3 is 4.87 Å². The van der Waals surface area contributed by atoms with Crippen molar-refractivity contribution in [2.75, 3.05) is 6.54 Å². The summed E-state index contributed by atoms with van der Waals surface area (Å²) >= 11 is 1.29. The van der Waals surface area contributed by atoms with Gasteiger partial charge in [-0.15, -0.1) is 0 Å². The Hall–Kier alpha value is -1.13. The molecule has 1 aromatic carbocycles. The van der Waals surface area contributed by atoms with Crippen molar-refractivity contribution in [1.29, 1.82) is 0 Å². The molecular weight excluding hydrogens is 208 g/mol. The van der Waals surface area contributed by atoms with Gasteiger partial charge in [-0.2, -0.15) is 0 Å². The summed E-state index contributed by atoms with van der Waals surface area (Å²) in [6.45, 7) is 5.22. The molecule has 0 atom stereocenters. The molecule has 0 aliphatic rings. The zero-order valence-corrected chi connectivity index (χ0v) is 9.73. The number of nitrogens with two attached hydrogens (primary N) is 1. The van der Waals surface area contributed by atoms with Crippen LogP contribution in [0.5, 0.6) is 0 Å². The van der Waals surface area contributed by atoms with Gasteiger partial charge in [0.2, 0.25) is 0 Å². The number of aryl methyl sites for hydroxylation is 2. The normalized spacial score (nSPS) is 11.1. The lowest BCUT2D eigenvalue weighted by atomic mass is 10.1. The molecule has 0 amide bonds. The summed E-state index contributed by atoms with van der Waals surface area (Å²) in [5, 5.41) is 0. The van der Waals surface area contributed by atoms with E-state index in [0.29, 0.717) is 13.1 Å². The van der Waals surface area contributed by atoms with Crippen molar-refractivity contribution in [3.05, 3.63) is 32.9 Å². The minimum atomic E-state index is 0.0838. The average molecular weight is 222 g/mol. The summed E-state index contributed by atoms with van der Waals surface area (Å²) in [5.41, 5.74) is 8.94. The summed E-state index contributed by atoms with van der Waals surface area (Å²) < 4.78 is 2.81. The fraction of sp³-hybridized carbons (Fsp3) is 0.364. The molecule has 0 fully saturated rings. The summed E-state index contributed by atoms with van der Waals surface area (Å²) in [7, 11) is 0. The first kappa shape index (κ1) is 10.4. The third-order valence-corrected chi connectivity index (χ3v) is 3.58. The highest BCUT2D eigenvalue weighted by atomic mass is 32.1. The molecule has 2 N–H and O–H groups in total. The number of hydrogen-bond donors (Lipinski definition) is 1. The molecule has 0 aliphatic heterocycles. The fourth-order valence-electron chi connectivity index (χ4n) is 1.66. The molecule has 15 heavy (non-hydrogen) atoms. The molecule has 0 bridgehead atoms. The van der Waals surface area contributed by atoms with Crippen molar-refractivity contribution < 1.29 is 0 Å². The van der Waals surface area contributed by atoms with Gasteiger partial charge in [-0.3, -0.25) is 9.36 Å². The van der Waals surface area contributed by atoms with Crippen LogP contribution in [0.2, 0.25) is 0 Å². The second-order valence-corrected chi connectivity index (χ2v) is 4.71. The zero-order chi connectivity index (χ0) is 11.0. The largest absolute Gasteiger partial charge is 0.329 e. The Kier molecular flexibility index (Phi) is 2.63. The van der Waals surface area contributed by atoms with E-state index in [9.17, 15) is 4.79 Å². The molecule has 3 nitrogen and oxygen atoms in total. The van der Waals surface area contributed by atoms with Crippen molar-refractivity contribution in [1.82, 2.24) is 4.57 Å².